The number of thioether (sulfide) groups is 1. The first kappa shape index (κ1) is 22.1. The van der Waals surface area contributed by atoms with E-state index >= 15 is 0 Å². The molecule has 2 aromatic rings. The van der Waals surface area contributed by atoms with Gasteiger partial charge < -0.3 is 14.7 Å². The number of nitrogens with zero attached hydrogens (tertiary/aromatic N) is 2. The van der Waals surface area contributed by atoms with Gasteiger partial charge in [0, 0.05) is 17.8 Å². The van der Waals surface area contributed by atoms with Crippen LogP contribution in [-0.2, 0) is 9.59 Å². The van der Waals surface area contributed by atoms with Crippen LogP contribution in [-0.4, -0.2) is 46.8 Å². The van der Waals surface area contributed by atoms with Gasteiger partial charge in [0.05, 0.1) is 12.0 Å². The number of halogens is 2. The third-order valence-electron chi connectivity index (χ3n) is 4.32. The standard InChI is InChI=1S/C20H16ClFN2O4S2/c1-23(13-5-3-12(21)4-6-13)17(25)10-24-19(27)16(30-20(24)29)9-11-7-14(22)18(26)15(8-11)28-2/h3-9,26H,10H2,1-2H3. The average molecular weight is 467 g/mol. The fourth-order valence-corrected chi connectivity index (χ4v) is 4.05. The number of likely N-dealkylation sites (N-methyl/N-ethyl adjacent to an activating group) is 1. The summed E-state index contributed by atoms with van der Waals surface area (Å²) in [7, 11) is 2.88. The smallest absolute Gasteiger partial charge is 0.266 e. The number of phenolic OH excluding ortho intramolecular Hbond substituents is 1. The molecular weight excluding hydrogens is 451 g/mol. The number of phenols is 1. The Morgan fingerprint density at radius 2 is 2.03 bits per heavy atom. The number of ether oxygens (including phenoxy) is 1. The topological polar surface area (TPSA) is 70.1 Å². The molecule has 1 heterocycles. The van der Waals surface area contributed by atoms with Gasteiger partial charge in [0.1, 0.15) is 10.9 Å². The van der Waals surface area contributed by atoms with Crippen molar-refractivity contribution in [3.8, 4) is 11.5 Å². The number of carbonyl (C=O) groups is 2. The summed E-state index contributed by atoms with van der Waals surface area (Å²) in [5.74, 6) is -2.35. The van der Waals surface area contributed by atoms with Crippen LogP contribution in [0.4, 0.5) is 10.1 Å². The van der Waals surface area contributed by atoms with E-state index in [2.05, 4.69) is 0 Å². The number of hydrogen-bond acceptors (Lipinski definition) is 6. The molecule has 30 heavy (non-hydrogen) atoms. The maximum absolute atomic E-state index is 13.9. The average Bonchev–Trinajstić information content (AvgIpc) is 2.97. The van der Waals surface area contributed by atoms with Crippen LogP contribution in [0.25, 0.3) is 6.08 Å². The van der Waals surface area contributed by atoms with E-state index in [1.54, 1.807) is 31.3 Å². The fraction of sp³-hybridized carbons (Fsp3) is 0.150. The Bertz CT molecular complexity index is 1060. The van der Waals surface area contributed by atoms with Gasteiger partial charge in [-0.2, -0.15) is 0 Å². The van der Waals surface area contributed by atoms with Crippen LogP contribution < -0.4 is 9.64 Å². The molecule has 2 aromatic carbocycles. The Balaban J connectivity index is 1.78. The van der Waals surface area contributed by atoms with Crippen LogP contribution in [0.1, 0.15) is 5.56 Å². The van der Waals surface area contributed by atoms with Crippen molar-refractivity contribution >= 4 is 63.5 Å². The number of thiocarbonyl (C=S) groups is 1. The van der Waals surface area contributed by atoms with Crippen LogP contribution in [0, 0.1) is 5.82 Å². The molecule has 3 rings (SSSR count). The van der Waals surface area contributed by atoms with Crippen molar-refractivity contribution in [2.45, 2.75) is 0 Å². The van der Waals surface area contributed by atoms with Crippen molar-refractivity contribution in [1.82, 2.24) is 4.90 Å². The molecule has 10 heteroatoms. The highest BCUT2D eigenvalue weighted by molar-refractivity contribution is 8.26. The van der Waals surface area contributed by atoms with E-state index in [9.17, 15) is 19.1 Å². The van der Waals surface area contributed by atoms with Gasteiger partial charge in [-0.1, -0.05) is 35.6 Å². The molecule has 2 amide bonds. The van der Waals surface area contributed by atoms with Crippen molar-refractivity contribution in [2.75, 3.05) is 25.6 Å². The minimum atomic E-state index is -0.879. The second-order valence-electron chi connectivity index (χ2n) is 6.25. The van der Waals surface area contributed by atoms with Crippen molar-refractivity contribution in [2.24, 2.45) is 0 Å². The van der Waals surface area contributed by atoms with Gasteiger partial charge in [0.25, 0.3) is 5.91 Å². The molecule has 1 saturated heterocycles. The third kappa shape index (κ3) is 4.58. The normalized spacial score (nSPS) is 15.1. The van der Waals surface area contributed by atoms with Crippen molar-refractivity contribution in [1.29, 1.82) is 0 Å². The molecule has 0 aliphatic carbocycles. The molecular formula is C20H16ClFN2O4S2. The summed E-state index contributed by atoms with van der Waals surface area (Å²) in [6.45, 7) is -0.242. The summed E-state index contributed by atoms with van der Waals surface area (Å²) < 4.78 is 19.0. The molecule has 0 aromatic heterocycles. The zero-order valence-corrected chi connectivity index (χ0v) is 18.3. The Labute approximate surface area is 186 Å². The van der Waals surface area contributed by atoms with Crippen LogP contribution in [0.15, 0.2) is 41.3 Å². The number of anilines is 1. The maximum Gasteiger partial charge on any atom is 0.266 e. The molecule has 0 saturated carbocycles. The number of carbonyl (C=O) groups excluding carboxylic acids is 2. The van der Waals surface area contributed by atoms with E-state index in [0.717, 1.165) is 17.8 Å². The van der Waals surface area contributed by atoms with Gasteiger partial charge in [-0.15, -0.1) is 0 Å². The second-order valence-corrected chi connectivity index (χ2v) is 8.36. The summed E-state index contributed by atoms with van der Waals surface area (Å²) in [6.07, 6.45) is 1.43. The van der Waals surface area contributed by atoms with Crippen molar-refractivity contribution in [3.63, 3.8) is 0 Å². The number of methoxy groups -OCH3 is 1. The first-order valence-corrected chi connectivity index (χ1v) is 10.2. The third-order valence-corrected chi connectivity index (χ3v) is 5.95. The molecule has 0 spiro atoms. The van der Waals surface area contributed by atoms with Gasteiger partial charge in [-0.3, -0.25) is 14.5 Å². The SMILES string of the molecule is COc1cc(C=C2SC(=S)N(CC(=O)N(C)c3ccc(Cl)cc3)C2=O)cc(F)c1O. The predicted octanol–water partition coefficient (Wildman–Crippen LogP) is 4.06. The minimum absolute atomic E-state index is 0.0588. The molecule has 1 aliphatic rings. The summed E-state index contributed by atoms with van der Waals surface area (Å²) in [5.41, 5.74) is 0.935. The van der Waals surface area contributed by atoms with Gasteiger partial charge in [0.2, 0.25) is 5.91 Å². The van der Waals surface area contributed by atoms with E-state index in [1.165, 1.54) is 29.1 Å². The van der Waals surface area contributed by atoms with Crippen LogP contribution in [0.3, 0.4) is 0 Å². The summed E-state index contributed by atoms with van der Waals surface area (Å²) in [6, 6.07) is 9.17. The molecule has 156 valence electrons. The molecule has 0 unspecified atom stereocenters. The number of aromatic hydroxyl groups is 1. The monoisotopic (exact) mass is 466 g/mol. The van der Waals surface area contributed by atoms with Crippen molar-refractivity contribution < 1.29 is 23.8 Å². The van der Waals surface area contributed by atoms with E-state index < -0.39 is 17.5 Å². The summed E-state index contributed by atoms with van der Waals surface area (Å²) in [5, 5.41) is 10.2. The Morgan fingerprint density at radius 1 is 1.37 bits per heavy atom. The second kappa shape index (κ2) is 9.03. The highest BCUT2D eigenvalue weighted by Gasteiger charge is 2.34. The van der Waals surface area contributed by atoms with E-state index in [1.807, 2.05) is 0 Å². The molecule has 0 radical (unpaired) electrons. The molecule has 6 nitrogen and oxygen atoms in total. The van der Waals surface area contributed by atoms with Gasteiger partial charge >= 0.3 is 0 Å². The van der Waals surface area contributed by atoms with Crippen LogP contribution in [0.5, 0.6) is 11.5 Å². The van der Waals surface area contributed by atoms with E-state index in [4.69, 9.17) is 28.6 Å². The largest absolute Gasteiger partial charge is 0.502 e. The number of rotatable bonds is 5. The van der Waals surface area contributed by atoms with E-state index in [-0.39, 0.29) is 27.4 Å². The summed E-state index contributed by atoms with van der Waals surface area (Å²) >= 11 is 12.1. The zero-order valence-electron chi connectivity index (χ0n) is 15.9. The Hall–Kier alpha value is -2.62. The quantitative estimate of drug-likeness (QED) is 0.529. The molecule has 0 atom stereocenters. The number of amides is 2. The Morgan fingerprint density at radius 3 is 2.67 bits per heavy atom. The van der Waals surface area contributed by atoms with Gasteiger partial charge in [-0.05, 0) is 48.0 Å². The van der Waals surface area contributed by atoms with Gasteiger partial charge in [0.15, 0.2) is 17.3 Å². The van der Waals surface area contributed by atoms with Crippen LogP contribution in [0.2, 0.25) is 5.02 Å². The summed E-state index contributed by atoms with van der Waals surface area (Å²) in [4.78, 5) is 28.2. The van der Waals surface area contributed by atoms with Gasteiger partial charge in [-0.25, -0.2) is 4.39 Å². The highest BCUT2D eigenvalue weighted by Crippen LogP contribution is 2.35. The lowest BCUT2D eigenvalue weighted by atomic mass is 10.1. The first-order chi connectivity index (χ1) is 14.2. The molecule has 1 N–H and O–H groups in total. The molecule has 1 fully saturated rings. The first-order valence-electron chi connectivity index (χ1n) is 8.55. The molecule has 0 bridgehead atoms. The lowest BCUT2D eigenvalue weighted by Crippen LogP contribution is -2.40. The lowest BCUT2D eigenvalue weighted by Gasteiger charge is -2.21. The van der Waals surface area contributed by atoms with Crippen LogP contribution >= 0.6 is 35.6 Å². The lowest BCUT2D eigenvalue weighted by molar-refractivity contribution is -0.127. The molecule has 1 aliphatic heterocycles. The highest BCUT2D eigenvalue weighted by atomic mass is 35.5. The van der Waals surface area contributed by atoms with Crippen molar-refractivity contribution in [3.05, 3.63) is 57.7 Å². The fourth-order valence-electron chi connectivity index (χ4n) is 2.67. The maximum atomic E-state index is 13.9. The number of benzene rings is 2. The minimum Gasteiger partial charge on any atom is -0.502 e. The Kier molecular flexibility index (Phi) is 6.64. The number of hydrogen-bond donors (Lipinski definition) is 1. The van der Waals surface area contributed by atoms with E-state index in [0.29, 0.717) is 16.3 Å². The zero-order chi connectivity index (χ0) is 22.0. The predicted molar refractivity (Wildman–Crippen MR) is 119 cm³/mol.